The quantitative estimate of drug-likeness (QED) is 0.742. The molecule has 1 aliphatic rings. The summed E-state index contributed by atoms with van der Waals surface area (Å²) in [6, 6.07) is 0.424. The Labute approximate surface area is 92.2 Å². The Morgan fingerprint density at radius 1 is 1.47 bits per heavy atom. The Morgan fingerprint density at radius 3 is 2.60 bits per heavy atom. The second-order valence-corrected chi connectivity index (χ2v) is 4.64. The van der Waals surface area contributed by atoms with E-state index >= 15 is 0 Å². The molecule has 0 aromatic heterocycles. The third kappa shape index (κ3) is 4.51. The smallest absolute Gasteiger partial charge is 0.317 e. The molecule has 3 N–H and O–H groups in total. The van der Waals surface area contributed by atoms with E-state index in [-0.39, 0.29) is 12.1 Å². The van der Waals surface area contributed by atoms with E-state index in [2.05, 4.69) is 5.32 Å². The lowest BCUT2D eigenvalue weighted by Gasteiger charge is -2.26. The molecule has 2 amide bonds. The van der Waals surface area contributed by atoms with Crippen LogP contribution >= 0.6 is 0 Å². The summed E-state index contributed by atoms with van der Waals surface area (Å²) >= 11 is 0. The van der Waals surface area contributed by atoms with Crippen molar-refractivity contribution < 1.29 is 4.79 Å². The third-order valence-electron chi connectivity index (χ3n) is 2.84. The topological polar surface area (TPSA) is 58.4 Å². The third-order valence-corrected chi connectivity index (χ3v) is 2.84. The molecule has 0 aliphatic heterocycles. The summed E-state index contributed by atoms with van der Waals surface area (Å²) in [5.41, 5.74) is 5.64. The van der Waals surface area contributed by atoms with Crippen molar-refractivity contribution in [3.8, 4) is 0 Å². The van der Waals surface area contributed by atoms with Crippen LogP contribution in [0.15, 0.2) is 0 Å². The second kappa shape index (κ2) is 5.95. The molecule has 1 atom stereocenters. The maximum atomic E-state index is 11.7. The number of amides is 2. The van der Waals surface area contributed by atoms with Crippen molar-refractivity contribution in [2.45, 2.75) is 51.1 Å². The van der Waals surface area contributed by atoms with Gasteiger partial charge in [0.15, 0.2) is 0 Å². The number of urea groups is 1. The van der Waals surface area contributed by atoms with Gasteiger partial charge in [0.1, 0.15) is 0 Å². The molecule has 0 radical (unpaired) electrons. The average molecular weight is 213 g/mol. The number of carbonyl (C=O) groups is 1. The van der Waals surface area contributed by atoms with Gasteiger partial charge in [0, 0.05) is 25.7 Å². The van der Waals surface area contributed by atoms with E-state index in [1.807, 2.05) is 6.92 Å². The molecule has 4 heteroatoms. The first kappa shape index (κ1) is 12.3. The molecule has 0 saturated heterocycles. The summed E-state index contributed by atoms with van der Waals surface area (Å²) in [4.78, 5) is 13.4. The fourth-order valence-corrected chi connectivity index (χ4v) is 2.05. The Kier molecular flexibility index (Phi) is 4.88. The molecule has 0 aromatic rings. The molecule has 1 unspecified atom stereocenters. The lowest BCUT2D eigenvalue weighted by molar-refractivity contribution is 0.198. The van der Waals surface area contributed by atoms with E-state index in [1.54, 1.807) is 11.9 Å². The number of hydrogen-bond acceptors (Lipinski definition) is 2. The van der Waals surface area contributed by atoms with Crippen LogP contribution in [0.1, 0.15) is 39.0 Å². The van der Waals surface area contributed by atoms with Gasteiger partial charge < -0.3 is 16.0 Å². The van der Waals surface area contributed by atoms with Gasteiger partial charge in [-0.25, -0.2) is 4.79 Å². The summed E-state index contributed by atoms with van der Waals surface area (Å²) in [6.07, 6.45) is 6.03. The number of carbonyl (C=O) groups excluding carboxylic acids is 1. The lowest BCUT2D eigenvalue weighted by Crippen LogP contribution is -2.46. The molecular formula is C11H23N3O. The molecule has 88 valence electrons. The Bertz CT molecular complexity index is 200. The first-order valence-corrected chi connectivity index (χ1v) is 5.87. The number of likely N-dealkylation sites (N-methyl/N-ethyl adjacent to an activating group) is 1. The summed E-state index contributed by atoms with van der Waals surface area (Å²) in [7, 11) is 1.79. The van der Waals surface area contributed by atoms with Crippen molar-refractivity contribution in [2.24, 2.45) is 5.73 Å². The Morgan fingerprint density at radius 2 is 2.07 bits per heavy atom. The molecule has 0 bridgehead atoms. The van der Waals surface area contributed by atoms with E-state index in [4.69, 9.17) is 5.73 Å². The fourth-order valence-electron chi connectivity index (χ4n) is 2.05. The number of nitrogens with zero attached hydrogens (tertiary/aromatic N) is 1. The van der Waals surface area contributed by atoms with Crippen LogP contribution in [-0.2, 0) is 0 Å². The minimum Gasteiger partial charge on any atom is -0.335 e. The highest BCUT2D eigenvalue weighted by Gasteiger charge is 2.17. The van der Waals surface area contributed by atoms with Crippen LogP contribution in [0.5, 0.6) is 0 Å². The number of hydrogen-bond donors (Lipinski definition) is 2. The van der Waals surface area contributed by atoms with E-state index < -0.39 is 0 Å². The van der Waals surface area contributed by atoms with E-state index in [0.717, 1.165) is 12.8 Å². The summed E-state index contributed by atoms with van der Waals surface area (Å²) in [5.74, 6) is 0. The van der Waals surface area contributed by atoms with E-state index in [9.17, 15) is 4.79 Å². The molecule has 1 saturated carbocycles. The molecule has 1 rings (SSSR count). The average Bonchev–Trinajstić information content (AvgIpc) is 2.18. The van der Waals surface area contributed by atoms with Crippen molar-refractivity contribution in [1.29, 1.82) is 0 Å². The van der Waals surface area contributed by atoms with Crippen LogP contribution in [0.4, 0.5) is 4.79 Å². The maximum Gasteiger partial charge on any atom is 0.317 e. The van der Waals surface area contributed by atoms with Gasteiger partial charge in [-0.15, -0.1) is 0 Å². The van der Waals surface area contributed by atoms with Crippen LogP contribution in [0, 0.1) is 0 Å². The summed E-state index contributed by atoms with van der Waals surface area (Å²) in [5, 5.41) is 3.06. The summed E-state index contributed by atoms with van der Waals surface area (Å²) in [6.45, 7) is 2.52. The number of rotatable bonds is 3. The first-order chi connectivity index (χ1) is 7.09. The van der Waals surface area contributed by atoms with Gasteiger partial charge in [-0.05, 0) is 19.8 Å². The second-order valence-electron chi connectivity index (χ2n) is 4.64. The normalized spacial score (nSPS) is 19.7. The van der Waals surface area contributed by atoms with Crippen molar-refractivity contribution in [3.05, 3.63) is 0 Å². The maximum absolute atomic E-state index is 11.7. The molecule has 0 spiro atoms. The SMILES string of the molecule is CC(N)CN(C)C(=O)NC1CCCCC1. The van der Waals surface area contributed by atoms with Crippen molar-refractivity contribution in [3.63, 3.8) is 0 Å². The number of nitrogens with two attached hydrogens (primary N) is 1. The largest absolute Gasteiger partial charge is 0.335 e. The molecule has 0 aromatic carbocycles. The van der Waals surface area contributed by atoms with E-state index in [0.29, 0.717) is 12.6 Å². The molecule has 4 nitrogen and oxygen atoms in total. The fraction of sp³-hybridized carbons (Fsp3) is 0.909. The van der Waals surface area contributed by atoms with Gasteiger partial charge in [0.05, 0.1) is 0 Å². The first-order valence-electron chi connectivity index (χ1n) is 5.87. The van der Waals surface area contributed by atoms with E-state index in [1.165, 1.54) is 19.3 Å². The predicted octanol–water partition coefficient (Wildman–Crippen LogP) is 1.31. The molecule has 0 heterocycles. The number of nitrogens with one attached hydrogen (secondary N) is 1. The van der Waals surface area contributed by atoms with Gasteiger partial charge in [-0.3, -0.25) is 0 Å². The van der Waals surface area contributed by atoms with Crippen LogP contribution in [-0.4, -0.2) is 36.6 Å². The zero-order chi connectivity index (χ0) is 11.3. The van der Waals surface area contributed by atoms with Gasteiger partial charge >= 0.3 is 6.03 Å². The van der Waals surface area contributed by atoms with Crippen LogP contribution in [0.25, 0.3) is 0 Å². The van der Waals surface area contributed by atoms with Crippen molar-refractivity contribution >= 4 is 6.03 Å². The zero-order valence-corrected chi connectivity index (χ0v) is 9.83. The molecule has 1 fully saturated rings. The minimum absolute atomic E-state index is 0.0131. The Balaban J connectivity index is 2.27. The highest BCUT2D eigenvalue weighted by Crippen LogP contribution is 2.17. The van der Waals surface area contributed by atoms with Crippen molar-refractivity contribution in [2.75, 3.05) is 13.6 Å². The highest BCUT2D eigenvalue weighted by molar-refractivity contribution is 5.74. The molecule has 15 heavy (non-hydrogen) atoms. The summed E-state index contributed by atoms with van der Waals surface area (Å²) < 4.78 is 0. The van der Waals surface area contributed by atoms with Gasteiger partial charge in [0.2, 0.25) is 0 Å². The zero-order valence-electron chi connectivity index (χ0n) is 9.83. The predicted molar refractivity (Wildman–Crippen MR) is 61.7 cm³/mol. The van der Waals surface area contributed by atoms with Crippen LogP contribution in [0.2, 0.25) is 0 Å². The lowest BCUT2D eigenvalue weighted by atomic mass is 9.96. The standard InChI is InChI=1S/C11H23N3O/c1-9(12)8-14(2)11(15)13-10-6-4-3-5-7-10/h9-10H,3-8,12H2,1-2H3,(H,13,15). The highest BCUT2D eigenvalue weighted by atomic mass is 16.2. The Hall–Kier alpha value is -0.770. The van der Waals surface area contributed by atoms with Gasteiger partial charge in [-0.2, -0.15) is 0 Å². The van der Waals surface area contributed by atoms with Gasteiger partial charge in [0.25, 0.3) is 0 Å². The monoisotopic (exact) mass is 213 g/mol. The minimum atomic E-state index is 0.0131. The van der Waals surface area contributed by atoms with Crippen LogP contribution in [0.3, 0.4) is 0 Å². The van der Waals surface area contributed by atoms with Gasteiger partial charge in [-0.1, -0.05) is 19.3 Å². The molecular weight excluding hydrogens is 190 g/mol. The van der Waals surface area contributed by atoms with Crippen molar-refractivity contribution in [1.82, 2.24) is 10.2 Å². The molecule has 1 aliphatic carbocycles. The van der Waals surface area contributed by atoms with Crippen LogP contribution < -0.4 is 11.1 Å².